The number of hydrogen-bond acceptors (Lipinski definition) is 5. The molecule has 2 rings (SSSR count). The molecule has 0 saturated carbocycles. The summed E-state index contributed by atoms with van der Waals surface area (Å²) in [5, 5.41) is 13.9. The van der Waals surface area contributed by atoms with E-state index < -0.39 is 14.9 Å². The Labute approximate surface area is 142 Å². The molecule has 1 atom stereocenters. The number of nitro groups is 1. The van der Waals surface area contributed by atoms with Gasteiger partial charge in [0.15, 0.2) is 0 Å². The molecule has 1 aliphatic rings. The van der Waals surface area contributed by atoms with Gasteiger partial charge in [-0.1, -0.05) is 0 Å². The van der Waals surface area contributed by atoms with Crippen molar-refractivity contribution in [3.8, 4) is 0 Å². The number of hydrogen-bond donors (Lipinski definition) is 1. The van der Waals surface area contributed by atoms with Crippen molar-refractivity contribution in [2.75, 3.05) is 26.7 Å². The summed E-state index contributed by atoms with van der Waals surface area (Å²) in [5.41, 5.74) is 0.292. The molecule has 1 heterocycles. The summed E-state index contributed by atoms with van der Waals surface area (Å²) in [7, 11) is -1.74. The number of halogens is 1. The SMILES string of the molecule is CNCC1CCCN(S(=O)(=O)c2ccc([N+](=O)[O-])c(C)c2)C1.Cl. The predicted octanol–water partition coefficient (Wildman–Crippen LogP) is 1.95. The molecule has 1 aromatic carbocycles. The topological polar surface area (TPSA) is 92.6 Å². The Kier molecular flexibility index (Phi) is 6.94. The summed E-state index contributed by atoms with van der Waals surface area (Å²) >= 11 is 0. The van der Waals surface area contributed by atoms with Crippen LogP contribution in [0.2, 0.25) is 0 Å². The number of nitrogens with zero attached hydrogens (tertiary/aromatic N) is 2. The third-order valence-corrected chi connectivity index (χ3v) is 5.84. The lowest BCUT2D eigenvalue weighted by Gasteiger charge is -2.31. The van der Waals surface area contributed by atoms with Crippen molar-refractivity contribution >= 4 is 28.1 Å². The van der Waals surface area contributed by atoms with E-state index in [2.05, 4.69) is 5.32 Å². The Morgan fingerprint density at radius 3 is 2.70 bits per heavy atom. The maximum absolute atomic E-state index is 12.7. The van der Waals surface area contributed by atoms with Crippen molar-refractivity contribution in [1.82, 2.24) is 9.62 Å². The lowest BCUT2D eigenvalue weighted by atomic mass is 10.00. The normalized spacial score (nSPS) is 19.1. The fourth-order valence-electron chi connectivity index (χ4n) is 2.84. The second-order valence-electron chi connectivity index (χ2n) is 5.63. The molecule has 1 aromatic rings. The second kappa shape index (κ2) is 8.05. The van der Waals surface area contributed by atoms with Gasteiger partial charge in [-0.15, -0.1) is 12.4 Å². The van der Waals surface area contributed by atoms with E-state index in [9.17, 15) is 18.5 Å². The van der Waals surface area contributed by atoms with E-state index in [1.807, 2.05) is 7.05 Å². The van der Waals surface area contributed by atoms with Gasteiger partial charge in [-0.25, -0.2) is 8.42 Å². The largest absolute Gasteiger partial charge is 0.319 e. The molecule has 23 heavy (non-hydrogen) atoms. The molecule has 0 amide bonds. The van der Waals surface area contributed by atoms with Gasteiger partial charge in [0.25, 0.3) is 5.69 Å². The summed E-state index contributed by atoms with van der Waals surface area (Å²) in [5.74, 6) is 0.299. The number of aryl methyl sites for hydroxylation is 1. The molecule has 1 saturated heterocycles. The van der Waals surface area contributed by atoms with Gasteiger partial charge in [0.05, 0.1) is 9.82 Å². The molecule has 0 aromatic heterocycles. The minimum Gasteiger partial charge on any atom is -0.319 e. The molecule has 1 unspecified atom stereocenters. The fourth-order valence-corrected chi connectivity index (χ4v) is 4.48. The van der Waals surface area contributed by atoms with E-state index in [4.69, 9.17) is 0 Å². The Bertz CT molecular complexity index is 664. The number of benzene rings is 1. The van der Waals surface area contributed by atoms with Crippen molar-refractivity contribution in [3.63, 3.8) is 0 Å². The number of piperidine rings is 1. The fraction of sp³-hybridized carbons (Fsp3) is 0.571. The van der Waals surface area contributed by atoms with Gasteiger partial charge in [0.1, 0.15) is 0 Å². The van der Waals surface area contributed by atoms with Crippen LogP contribution in [0.3, 0.4) is 0 Å². The first kappa shape index (κ1) is 19.8. The summed E-state index contributed by atoms with van der Waals surface area (Å²) in [6, 6.07) is 3.97. The zero-order chi connectivity index (χ0) is 16.3. The van der Waals surface area contributed by atoms with Gasteiger partial charge >= 0.3 is 0 Å². The van der Waals surface area contributed by atoms with Gasteiger partial charge < -0.3 is 5.32 Å². The molecule has 0 aliphatic carbocycles. The Morgan fingerprint density at radius 1 is 1.43 bits per heavy atom. The first-order valence-electron chi connectivity index (χ1n) is 7.26. The lowest BCUT2D eigenvalue weighted by Crippen LogP contribution is -2.42. The van der Waals surface area contributed by atoms with Crippen molar-refractivity contribution in [3.05, 3.63) is 33.9 Å². The van der Waals surface area contributed by atoms with Crippen LogP contribution in [-0.4, -0.2) is 44.3 Å². The van der Waals surface area contributed by atoms with Crippen LogP contribution >= 0.6 is 12.4 Å². The highest BCUT2D eigenvalue weighted by atomic mass is 35.5. The molecule has 0 spiro atoms. The number of nitrogens with one attached hydrogen (secondary N) is 1. The standard InChI is InChI=1S/C14H21N3O4S.ClH/c1-11-8-13(5-6-14(11)17(18)19)22(20,21)16-7-3-4-12(10-16)9-15-2;/h5-6,8,12,15H,3-4,7,9-10H2,1-2H3;1H. The molecular formula is C14H22ClN3O4S. The molecule has 9 heteroatoms. The van der Waals surface area contributed by atoms with Crippen LogP contribution in [0.1, 0.15) is 18.4 Å². The highest BCUT2D eigenvalue weighted by Crippen LogP contribution is 2.26. The van der Waals surface area contributed by atoms with Crippen LogP contribution in [0.5, 0.6) is 0 Å². The Hall–Kier alpha value is -1.22. The molecular weight excluding hydrogens is 342 g/mol. The van der Waals surface area contributed by atoms with Crippen LogP contribution in [-0.2, 0) is 10.0 Å². The zero-order valence-electron chi connectivity index (χ0n) is 13.2. The first-order valence-corrected chi connectivity index (χ1v) is 8.70. The monoisotopic (exact) mass is 363 g/mol. The Balaban J connectivity index is 0.00000264. The lowest BCUT2D eigenvalue weighted by molar-refractivity contribution is -0.385. The second-order valence-corrected chi connectivity index (χ2v) is 7.57. The van der Waals surface area contributed by atoms with E-state index in [0.717, 1.165) is 19.4 Å². The van der Waals surface area contributed by atoms with Crippen molar-refractivity contribution < 1.29 is 13.3 Å². The number of sulfonamides is 1. The van der Waals surface area contributed by atoms with E-state index in [-0.39, 0.29) is 23.0 Å². The van der Waals surface area contributed by atoms with Gasteiger partial charge in [-0.3, -0.25) is 10.1 Å². The average molecular weight is 364 g/mol. The maximum atomic E-state index is 12.7. The molecule has 0 bridgehead atoms. The van der Waals surface area contributed by atoms with E-state index in [1.165, 1.54) is 22.5 Å². The third kappa shape index (κ3) is 4.41. The minimum atomic E-state index is -3.60. The quantitative estimate of drug-likeness (QED) is 0.637. The Morgan fingerprint density at radius 2 is 2.13 bits per heavy atom. The van der Waals surface area contributed by atoms with Gasteiger partial charge in [-0.2, -0.15) is 4.31 Å². The zero-order valence-corrected chi connectivity index (χ0v) is 14.8. The smallest absolute Gasteiger partial charge is 0.272 e. The molecule has 1 N–H and O–H groups in total. The van der Waals surface area contributed by atoms with Crippen LogP contribution < -0.4 is 5.32 Å². The van der Waals surface area contributed by atoms with Gasteiger partial charge in [-0.05, 0) is 51.4 Å². The van der Waals surface area contributed by atoms with Gasteiger partial charge in [0, 0.05) is 24.7 Å². The predicted molar refractivity (Wildman–Crippen MR) is 90.5 cm³/mol. The minimum absolute atomic E-state index is 0. The van der Waals surface area contributed by atoms with Crippen LogP contribution in [0.4, 0.5) is 5.69 Å². The van der Waals surface area contributed by atoms with Crippen molar-refractivity contribution in [2.24, 2.45) is 5.92 Å². The maximum Gasteiger partial charge on any atom is 0.272 e. The van der Waals surface area contributed by atoms with Crippen LogP contribution in [0.15, 0.2) is 23.1 Å². The highest BCUT2D eigenvalue weighted by molar-refractivity contribution is 7.89. The summed E-state index contributed by atoms with van der Waals surface area (Å²) in [6.45, 7) is 3.32. The van der Waals surface area contributed by atoms with E-state index in [0.29, 0.717) is 24.6 Å². The first-order chi connectivity index (χ1) is 10.4. The molecule has 7 nitrogen and oxygen atoms in total. The van der Waals surface area contributed by atoms with E-state index in [1.54, 1.807) is 6.92 Å². The third-order valence-electron chi connectivity index (χ3n) is 3.98. The van der Waals surface area contributed by atoms with Gasteiger partial charge in [0.2, 0.25) is 10.0 Å². The highest BCUT2D eigenvalue weighted by Gasteiger charge is 2.30. The van der Waals surface area contributed by atoms with Crippen molar-refractivity contribution in [1.29, 1.82) is 0 Å². The summed E-state index contributed by atoms with van der Waals surface area (Å²) in [6.07, 6.45) is 1.84. The number of rotatable bonds is 5. The summed E-state index contributed by atoms with van der Waals surface area (Å²) in [4.78, 5) is 10.5. The number of nitro benzene ring substituents is 1. The van der Waals surface area contributed by atoms with Crippen LogP contribution in [0, 0.1) is 23.0 Å². The van der Waals surface area contributed by atoms with Crippen LogP contribution in [0.25, 0.3) is 0 Å². The molecule has 1 fully saturated rings. The molecule has 1 aliphatic heterocycles. The van der Waals surface area contributed by atoms with Crippen molar-refractivity contribution in [2.45, 2.75) is 24.7 Å². The van der Waals surface area contributed by atoms with E-state index >= 15 is 0 Å². The molecule has 130 valence electrons. The average Bonchev–Trinajstić information content (AvgIpc) is 2.47. The molecule has 0 radical (unpaired) electrons. The summed E-state index contributed by atoms with van der Waals surface area (Å²) < 4.78 is 26.9.